The molecule has 1 aliphatic heterocycles. The van der Waals surface area contributed by atoms with Crippen LogP contribution in [0.1, 0.15) is 25.8 Å². The number of benzene rings is 1. The van der Waals surface area contributed by atoms with Crippen molar-refractivity contribution in [2.24, 2.45) is 5.92 Å². The SMILES string of the molecule is CCC(C)COc1cc2c(cc1C=CC(=O)O)OCO2. The third-order valence-electron chi connectivity index (χ3n) is 3.13. The highest BCUT2D eigenvalue weighted by atomic mass is 16.7. The van der Waals surface area contributed by atoms with Gasteiger partial charge in [-0.2, -0.15) is 0 Å². The van der Waals surface area contributed by atoms with Crippen LogP contribution in [-0.2, 0) is 4.79 Å². The first kappa shape index (κ1) is 14.2. The van der Waals surface area contributed by atoms with E-state index in [-0.39, 0.29) is 6.79 Å². The number of hydrogen-bond acceptors (Lipinski definition) is 4. The minimum absolute atomic E-state index is 0.173. The van der Waals surface area contributed by atoms with Crippen LogP contribution in [0, 0.1) is 5.92 Å². The van der Waals surface area contributed by atoms with Crippen molar-refractivity contribution in [1.82, 2.24) is 0 Å². The number of fused-ring (bicyclic) bond motifs is 1. The zero-order valence-electron chi connectivity index (χ0n) is 11.6. The van der Waals surface area contributed by atoms with Crippen molar-refractivity contribution in [3.05, 3.63) is 23.8 Å². The number of hydrogen-bond donors (Lipinski definition) is 1. The highest BCUT2D eigenvalue weighted by Crippen LogP contribution is 2.38. The van der Waals surface area contributed by atoms with Crippen molar-refractivity contribution in [2.75, 3.05) is 13.4 Å². The van der Waals surface area contributed by atoms with Crippen LogP contribution in [0.25, 0.3) is 6.08 Å². The van der Waals surface area contributed by atoms with Gasteiger partial charge in [0.2, 0.25) is 6.79 Å². The first-order chi connectivity index (χ1) is 9.60. The standard InChI is InChI=1S/C15H18O5/c1-3-10(2)8-18-12-7-14-13(19-9-20-14)6-11(12)4-5-15(16)17/h4-7,10H,3,8-9H2,1-2H3,(H,16,17). The second-order valence-electron chi connectivity index (χ2n) is 4.74. The summed E-state index contributed by atoms with van der Waals surface area (Å²) in [5.41, 5.74) is 0.667. The Morgan fingerprint density at radius 1 is 1.45 bits per heavy atom. The number of carboxylic acids is 1. The molecule has 0 fully saturated rings. The smallest absolute Gasteiger partial charge is 0.328 e. The minimum Gasteiger partial charge on any atom is -0.493 e. The summed E-state index contributed by atoms with van der Waals surface area (Å²) < 4.78 is 16.4. The van der Waals surface area contributed by atoms with Crippen LogP contribution in [0.4, 0.5) is 0 Å². The Hall–Kier alpha value is -2.17. The molecule has 0 saturated heterocycles. The summed E-state index contributed by atoms with van der Waals surface area (Å²) in [6, 6.07) is 3.47. The molecule has 1 N–H and O–H groups in total. The third kappa shape index (κ3) is 3.44. The summed E-state index contributed by atoms with van der Waals surface area (Å²) in [7, 11) is 0. The molecule has 0 saturated carbocycles. The summed E-state index contributed by atoms with van der Waals surface area (Å²) >= 11 is 0. The normalized spacial score (nSPS) is 14.5. The van der Waals surface area contributed by atoms with Gasteiger partial charge in [-0.05, 0) is 18.1 Å². The number of carboxylic acid groups (broad SMARTS) is 1. The van der Waals surface area contributed by atoms with Crippen LogP contribution in [0.5, 0.6) is 17.2 Å². The van der Waals surface area contributed by atoms with Gasteiger partial charge in [-0.15, -0.1) is 0 Å². The molecule has 1 heterocycles. The third-order valence-corrected chi connectivity index (χ3v) is 3.13. The number of carbonyl (C=O) groups is 1. The van der Waals surface area contributed by atoms with Gasteiger partial charge in [-0.1, -0.05) is 20.3 Å². The van der Waals surface area contributed by atoms with Gasteiger partial charge >= 0.3 is 5.97 Å². The number of aliphatic carboxylic acids is 1. The van der Waals surface area contributed by atoms with E-state index in [1.54, 1.807) is 12.1 Å². The molecule has 0 bridgehead atoms. The van der Waals surface area contributed by atoms with E-state index in [1.807, 2.05) is 0 Å². The monoisotopic (exact) mass is 278 g/mol. The van der Waals surface area contributed by atoms with Crippen molar-refractivity contribution < 1.29 is 24.1 Å². The van der Waals surface area contributed by atoms with Gasteiger partial charge in [-0.3, -0.25) is 0 Å². The Balaban J connectivity index is 2.24. The molecule has 5 heteroatoms. The van der Waals surface area contributed by atoms with Gasteiger partial charge in [0.15, 0.2) is 11.5 Å². The molecule has 1 aromatic carbocycles. The predicted molar refractivity (Wildman–Crippen MR) is 74.2 cm³/mol. The lowest BCUT2D eigenvalue weighted by atomic mass is 10.1. The quantitative estimate of drug-likeness (QED) is 0.810. The molecule has 0 aliphatic carbocycles. The molecule has 0 spiro atoms. The zero-order valence-corrected chi connectivity index (χ0v) is 11.6. The second-order valence-corrected chi connectivity index (χ2v) is 4.74. The van der Waals surface area contributed by atoms with Gasteiger partial charge in [0.05, 0.1) is 6.61 Å². The maximum atomic E-state index is 10.6. The van der Waals surface area contributed by atoms with Gasteiger partial charge < -0.3 is 19.3 Å². The van der Waals surface area contributed by atoms with Gasteiger partial charge in [0, 0.05) is 17.7 Å². The van der Waals surface area contributed by atoms with Crippen molar-refractivity contribution in [3.8, 4) is 17.2 Å². The molecule has 108 valence electrons. The lowest BCUT2D eigenvalue weighted by Crippen LogP contribution is -2.08. The fraction of sp³-hybridized carbons (Fsp3) is 0.400. The van der Waals surface area contributed by atoms with Crippen LogP contribution in [0.3, 0.4) is 0 Å². The number of rotatable bonds is 6. The lowest BCUT2D eigenvalue weighted by molar-refractivity contribution is -0.131. The molecule has 20 heavy (non-hydrogen) atoms. The Morgan fingerprint density at radius 3 is 2.80 bits per heavy atom. The van der Waals surface area contributed by atoms with Crippen LogP contribution in [0.2, 0.25) is 0 Å². The highest BCUT2D eigenvalue weighted by molar-refractivity contribution is 5.86. The van der Waals surface area contributed by atoms with Crippen molar-refractivity contribution in [3.63, 3.8) is 0 Å². The lowest BCUT2D eigenvalue weighted by Gasteiger charge is -2.13. The van der Waals surface area contributed by atoms with Gasteiger partial charge in [-0.25, -0.2) is 4.79 Å². The maximum absolute atomic E-state index is 10.6. The molecule has 1 aliphatic rings. The van der Waals surface area contributed by atoms with E-state index >= 15 is 0 Å². The molecule has 0 radical (unpaired) electrons. The highest BCUT2D eigenvalue weighted by Gasteiger charge is 2.17. The molecule has 5 nitrogen and oxygen atoms in total. The molecule has 1 aromatic rings. The summed E-state index contributed by atoms with van der Waals surface area (Å²) in [6.07, 6.45) is 3.59. The van der Waals surface area contributed by atoms with E-state index in [4.69, 9.17) is 19.3 Å². The van der Waals surface area contributed by atoms with Crippen LogP contribution in [0.15, 0.2) is 18.2 Å². The van der Waals surface area contributed by atoms with Gasteiger partial charge in [0.25, 0.3) is 0 Å². The van der Waals surface area contributed by atoms with E-state index in [9.17, 15) is 4.79 Å². The molecular weight excluding hydrogens is 260 g/mol. The van der Waals surface area contributed by atoms with Crippen molar-refractivity contribution >= 4 is 12.0 Å². The van der Waals surface area contributed by atoms with E-state index in [1.165, 1.54) is 6.08 Å². The average Bonchev–Trinajstić information content (AvgIpc) is 2.88. The first-order valence-electron chi connectivity index (χ1n) is 6.57. The fourth-order valence-corrected chi connectivity index (χ4v) is 1.71. The average molecular weight is 278 g/mol. The summed E-state index contributed by atoms with van der Waals surface area (Å²) in [5, 5.41) is 8.73. The molecular formula is C15H18O5. The van der Waals surface area contributed by atoms with Crippen LogP contribution >= 0.6 is 0 Å². The predicted octanol–water partition coefficient (Wildman–Crippen LogP) is 2.94. The maximum Gasteiger partial charge on any atom is 0.328 e. The summed E-state index contributed by atoms with van der Waals surface area (Å²) in [6.45, 7) is 4.94. The Labute approximate surface area is 117 Å². The van der Waals surface area contributed by atoms with E-state index in [2.05, 4.69) is 13.8 Å². The molecule has 0 aromatic heterocycles. The minimum atomic E-state index is -1.00. The van der Waals surface area contributed by atoms with Crippen molar-refractivity contribution in [2.45, 2.75) is 20.3 Å². The Bertz CT molecular complexity index is 521. The Morgan fingerprint density at radius 2 is 2.15 bits per heavy atom. The van der Waals surface area contributed by atoms with Gasteiger partial charge in [0.1, 0.15) is 5.75 Å². The van der Waals surface area contributed by atoms with Crippen LogP contribution in [-0.4, -0.2) is 24.5 Å². The van der Waals surface area contributed by atoms with E-state index in [0.29, 0.717) is 35.3 Å². The van der Waals surface area contributed by atoms with E-state index in [0.717, 1.165) is 12.5 Å². The topological polar surface area (TPSA) is 65.0 Å². The Kier molecular flexibility index (Phi) is 4.50. The number of ether oxygens (including phenoxy) is 3. The summed E-state index contributed by atoms with van der Waals surface area (Å²) in [4.78, 5) is 10.6. The largest absolute Gasteiger partial charge is 0.493 e. The first-order valence-corrected chi connectivity index (χ1v) is 6.57. The molecule has 2 rings (SSSR count). The second kappa shape index (κ2) is 6.32. The fourth-order valence-electron chi connectivity index (χ4n) is 1.71. The van der Waals surface area contributed by atoms with Crippen molar-refractivity contribution in [1.29, 1.82) is 0 Å². The zero-order chi connectivity index (χ0) is 14.5. The van der Waals surface area contributed by atoms with Crippen LogP contribution < -0.4 is 14.2 Å². The van der Waals surface area contributed by atoms with E-state index < -0.39 is 5.97 Å². The molecule has 1 unspecified atom stereocenters. The molecule has 0 amide bonds. The summed E-state index contributed by atoms with van der Waals surface area (Å²) in [5.74, 6) is 1.25. The molecule has 1 atom stereocenters.